The second kappa shape index (κ2) is 8.96. The number of fused-ring (bicyclic) bond motifs is 1. The molecule has 1 aliphatic rings. The molecule has 0 atom stereocenters. The Hall–Kier alpha value is -2.73. The number of nitrogens with one attached hydrogen (secondary N) is 1. The van der Waals surface area contributed by atoms with E-state index in [1.165, 1.54) is 28.6 Å². The van der Waals surface area contributed by atoms with Crippen molar-refractivity contribution in [2.45, 2.75) is 38.1 Å². The Balaban J connectivity index is 1.63. The molecule has 0 aliphatic carbocycles. The maximum Gasteiger partial charge on any atom is 0.250 e. The van der Waals surface area contributed by atoms with Crippen molar-refractivity contribution >= 4 is 35.1 Å². The van der Waals surface area contributed by atoms with Crippen LogP contribution < -0.4 is 15.1 Å². The molecule has 1 heterocycles. The molecule has 0 aromatic heterocycles. The third kappa shape index (κ3) is 4.87. The van der Waals surface area contributed by atoms with Gasteiger partial charge in [-0.2, -0.15) is 5.10 Å². The van der Waals surface area contributed by atoms with E-state index >= 15 is 0 Å². The molecule has 0 saturated heterocycles. The summed E-state index contributed by atoms with van der Waals surface area (Å²) in [6, 6.07) is 12.0. The molecule has 6 heteroatoms. The molecule has 2 aromatic rings. The van der Waals surface area contributed by atoms with E-state index in [2.05, 4.69) is 68.4 Å². The van der Waals surface area contributed by atoms with E-state index in [1.807, 2.05) is 24.3 Å². The summed E-state index contributed by atoms with van der Waals surface area (Å²) in [7, 11) is 3.75. The van der Waals surface area contributed by atoms with Crippen molar-refractivity contribution in [2.75, 3.05) is 24.8 Å². The third-order valence-corrected chi connectivity index (χ3v) is 6.44. The predicted molar refractivity (Wildman–Crippen MR) is 127 cm³/mol. The van der Waals surface area contributed by atoms with Crippen LogP contribution in [0.2, 0.25) is 0 Å². The number of thioether (sulfide) groups is 1. The fraction of sp³-hybridized carbons (Fsp3) is 0.333. The van der Waals surface area contributed by atoms with Crippen molar-refractivity contribution in [3.05, 3.63) is 59.2 Å². The summed E-state index contributed by atoms with van der Waals surface area (Å²) < 4.78 is 5.14. The van der Waals surface area contributed by atoms with Gasteiger partial charge >= 0.3 is 0 Å². The minimum Gasteiger partial charge on any atom is -0.497 e. The van der Waals surface area contributed by atoms with Crippen LogP contribution in [0.15, 0.2) is 52.5 Å². The normalized spacial score (nSPS) is 15.0. The lowest BCUT2D eigenvalue weighted by atomic mass is 9.87. The van der Waals surface area contributed by atoms with Gasteiger partial charge in [0, 0.05) is 23.2 Å². The van der Waals surface area contributed by atoms with Crippen LogP contribution in [-0.2, 0) is 4.79 Å². The Labute approximate surface area is 183 Å². The minimum absolute atomic E-state index is 0.0192. The lowest BCUT2D eigenvalue weighted by Gasteiger charge is -2.41. The fourth-order valence-electron chi connectivity index (χ4n) is 3.48. The zero-order valence-electron chi connectivity index (χ0n) is 18.4. The van der Waals surface area contributed by atoms with Gasteiger partial charge in [0.15, 0.2) is 0 Å². The van der Waals surface area contributed by atoms with Crippen molar-refractivity contribution in [1.29, 1.82) is 0 Å². The smallest absolute Gasteiger partial charge is 0.250 e. The van der Waals surface area contributed by atoms with Gasteiger partial charge in [0.25, 0.3) is 0 Å². The number of nitrogens with zero attached hydrogens (tertiary/aromatic N) is 2. The quantitative estimate of drug-likeness (QED) is 0.409. The lowest BCUT2D eigenvalue weighted by Crippen LogP contribution is -2.42. The highest BCUT2D eigenvalue weighted by Crippen LogP contribution is 2.38. The van der Waals surface area contributed by atoms with Crippen molar-refractivity contribution in [1.82, 2.24) is 5.43 Å². The van der Waals surface area contributed by atoms with Crippen molar-refractivity contribution in [2.24, 2.45) is 5.10 Å². The number of methoxy groups -OCH3 is 1. The fourth-order valence-corrected chi connectivity index (χ4v) is 4.17. The van der Waals surface area contributed by atoms with Gasteiger partial charge in [0.2, 0.25) is 5.91 Å². The van der Waals surface area contributed by atoms with E-state index in [9.17, 15) is 4.79 Å². The number of likely N-dealkylation sites (N-methyl/N-ethyl adjacent to an activating group) is 1. The number of anilines is 1. The van der Waals surface area contributed by atoms with Crippen LogP contribution in [0.3, 0.4) is 0 Å². The number of hydrogen-bond acceptors (Lipinski definition) is 5. The molecule has 1 aliphatic heterocycles. The molecule has 1 N–H and O–H groups in total. The van der Waals surface area contributed by atoms with Gasteiger partial charge < -0.3 is 9.64 Å². The third-order valence-electron chi connectivity index (χ3n) is 5.43. The van der Waals surface area contributed by atoms with E-state index in [0.29, 0.717) is 5.75 Å². The molecule has 1 amide bonds. The Morgan fingerprint density at radius 1 is 1.23 bits per heavy atom. The van der Waals surface area contributed by atoms with E-state index in [0.717, 1.165) is 21.8 Å². The van der Waals surface area contributed by atoms with Crippen LogP contribution in [0, 0.1) is 6.92 Å². The number of carbonyl (C=O) groups is 1. The molecule has 0 unspecified atom stereocenters. The Morgan fingerprint density at radius 2 is 1.93 bits per heavy atom. The minimum atomic E-state index is -0.139. The Bertz CT molecular complexity index is 994. The molecular weight excluding hydrogens is 394 g/mol. The first-order chi connectivity index (χ1) is 14.2. The van der Waals surface area contributed by atoms with E-state index in [4.69, 9.17) is 4.74 Å². The highest BCUT2D eigenvalue weighted by Gasteiger charge is 2.28. The van der Waals surface area contributed by atoms with E-state index < -0.39 is 0 Å². The molecule has 0 radical (unpaired) electrons. The van der Waals surface area contributed by atoms with Crippen LogP contribution >= 0.6 is 11.8 Å². The van der Waals surface area contributed by atoms with Gasteiger partial charge in [0.1, 0.15) is 5.75 Å². The molecular formula is C24H29N3O2S. The highest BCUT2D eigenvalue weighted by molar-refractivity contribution is 8.00. The van der Waals surface area contributed by atoms with Gasteiger partial charge in [-0.25, -0.2) is 5.43 Å². The van der Waals surface area contributed by atoms with Crippen LogP contribution in [0.4, 0.5) is 5.69 Å². The topological polar surface area (TPSA) is 53.9 Å². The first-order valence-corrected chi connectivity index (χ1v) is 10.9. The average Bonchev–Trinajstić information content (AvgIpc) is 2.71. The molecule has 5 nitrogen and oxygen atoms in total. The summed E-state index contributed by atoms with van der Waals surface area (Å²) in [6.45, 7) is 8.63. The molecule has 30 heavy (non-hydrogen) atoms. The van der Waals surface area contributed by atoms with Gasteiger partial charge in [-0.1, -0.05) is 6.08 Å². The summed E-state index contributed by atoms with van der Waals surface area (Å²) >= 11 is 1.46. The largest absolute Gasteiger partial charge is 0.497 e. The Morgan fingerprint density at radius 3 is 2.60 bits per heavy atom. The average molecular weight is 424 g/mol. The summed E-state index contributed by atoms with van der Waals surface area (Å²) in [5, 5.41) is 4.17. The summed E-state index contributed by atoms with van der Waals surface area (Å²) in [5.74, 6) is 0.961. The zero-order chi connectivity index (χ0) is 21.9. The van der Waals surface area contributed by atoms with Crippen LogP contribution in [0.25, 0.3) is 5.57 Å². The molecule has 2 aromatic carbocycles. The highest BCUT2D eigenvalue weighted by atomic mass is 32.2. The second-order valence-electron chi connectivity index (χ2n) is 8.02. The maximum absolute atomic E-state index is 12.1. The molecule has 0 saturated carbocycles. The first kappa shape index (κ1) is 22.0. The number of amides is 1. The number of hydrogen-bond donors (Lipinski definition) is 1. The van der Waals surface area contributed by atoms with Crippen LogP contribution in [-0.4, -0.2) is 37.6 Å². The maximum atomic E-state index is 12.1. The van der Waals surface area contributed by atoms with Gasteiger partial charge in [-0.15, -0.1) is 11.8 Å². The SMILES string of the molecule is COc1ccc(SCC(=O)N/N=C/c2cc3c(cc2C)N(C)C(C)(C)C=C3C)cc1. The molecule has 0 spiro atoms. The number of rotatable bonds is 6. The first-order valence-electron chi connectivity index (χ1n) is 9.88. The number of carbonyl (C=O) groups excluding carboxylic acids is 1. The van der Waals surface area contributed by atoms with E-state index in [1.54, 1.807) is 13.3 Å². The van der Waals surface area contributed by atoms with Crippen molar-refractivity contribution in [3.63, 3.8) is 0 Å². The van der Waals surface area contributed by atoms with E-state index in [-0.39, 0.29) is 11.4 Å². The number of benzene rings is 2. The summed E-state index contributed by atoms with van der Waals surface area (Å²) in [4.78, 5) is 15.4. The molecule has 0 fully saturated rings. The summed E-state index contributed by atoms with van der Waals surface area (Å²) in [5.41, 5.74) is 8.39. The van der Waals surface area contributed by atoms with Gasteiger partial charge in [-0.05, 0) is 80.8 Å². The lowest BCUT2D eigenvalue weighted by molar-refractivity contribution is -0.118. The Kier molecular flexibility index (Phi) is 6.56. The predicted octanol–water partition coefficient (Wildman–Crippen LogP) is 4.88. The molecule has 158 valence electrons. The number of ether oxygens (including phenoxy) is 1. The van der Waals surface area contributed by atoms with Crippen LogP contribution in [0.5, 0.6) is 5.75 Å². The zero-order valence-corrected chi connectivity index (χ0v) is 19.3. The second-order valence-corrected chi connectivity index (χ2v) is 9.07. The van der Waals surface area contributed by atoms with Crippen LogP contribution in [0.1, 0.15) is 37.5 Å². The number of aryl methyl sites for hydroxylation is 1. The monoisotopic (exact) mass is 423 g/mol. The number of allylic oxidation sites excluding steroid dienone is 1. The molecule has 0 bridgehead atoms. The van der Waals surface area contributed by atoms with Gasteiger partial charge in [0.05, 0.1) is 24.6 Å². The number of hydrazone groups is 1. The van der Waals surface area contributed by atoms with Gasteiger partial charge in [-0.3, -0.25) is 4.79 Å². The molecule has 3 rings (SSSR count). The summed E-state index contributed by atoms with van der Waals surface area (Å²) in [6.07, 6.45) is 4.00. The standard InChI is InChI=1S/C24H29N3O2S/c1-16-11-22-21(17(2)13-24(3,4)27(22)5)12-18(16)14-25-26-23(28)15-30-20-9-7-19(29-6)8-10-20/h7-14H,15H2,1-6H3,(H,26,28)/b25-14+. The van der Waals surface area contributed by atoms with Crippen molar-refractivity contribution < 1.29 is 9.53 Å². The van der Waals surface area contributed by atoms with Crippen molar-refractivity contribution in [3.8, 4) is 5.75 Å².